The highest BCUT2D eigenvalue weighted by atomic mass is 32.2. The van der Waals surface area contributed by atoms with Gasteiger partial charge in [0.2, 0.25) is 0 Å². The van der Waals surface area contributed by atoms with E-state index in [4.69, 9.17) is 0 Å². The van der Waals surface area contributed by atoms with E-state index in [0.717, 1.165) is 24.1 Å². The molecule has 134 valence electrons. The summed E-state index contributed by atoms with van der Waals surface area (Å²) >= 11 is 0. The van der Waals surface area contributed by atoms with Crippen molar-refractivity contribution in [1.82, 2.24) is 14.0 Å². The van der Waals surface area contributed by atoms with Crippen LogP contribution >= 0.6 is 0 Å². The number of H-pyrrole nitrogens is 1. The molecule has 26 heavy (non-hydrogen) atoms. The molecule has 1 saturated carbocycles. The second-order valence-electron chi connectivity index (χ2n) is 7.19. The summed E-state index contributed by atoms with van der Waals surface area (Å²) in [6.07, 6.45) is 1.61. The standard InChI is InChI=1S/C20H21N3O2S/c24-26(25,22-19-12-17(19)14-6-2-1-3-7-14)23-11-10-16-15-8-4-5-9-18(15)21-20(16)13-23/h1-9,17,19,21-22H,10-13H2/t17-,19+/m0/s1. The molecule has 0 spiro atoms. The largest absolute Gasteiger partial charge is 0.357 e. The van der Waals surface area contributed by atoms with Gasteiger partial charge in [-0.1, -0.05) is 48.5 Å². The van der Waals surface area contributed by atoms with Gasteiger partial charge in [-0.25, -0.2) is 0 Å². The molecule has 2 aliphatic rings. The molecule has 0 amide bonds. The first-order chi connectivity index (χ1) is 12.6. The first-order valence-electron chi connectivity index (χ1n) is 9.02. The first-order valence-corrected chi connectivity index (χ1v) is 10.5. The van der Waals surface area contributed by atoms with E-state index < -0.39 is 10.2 Å². The summed E-state index contributed by atoms with van der Waals surface area (Å²) in [6, 6.07) is 18.3. The SMILES string of the molecule is O=S(=O)(N[C@@H]1C[C@H]1c1ccccc1)N1CCc2c([nH]c3ccccc23)C1. The van der Waals surface area contributed by atoms with Crippen molar-refractivity contribution in [3.05, 3.63) is 71.4 Å². The van der Waals surface area contributed by atoms with Gasteiger partial charge in [-0.15, -0.1) is 0 Å². The van der Waals surface area contributed by atoms with Crippen LogP contribution in [-0.4, -0.2) is 30.3 Å². The van der Waals surface area contributed by atoms with E-state index in [1.807, 2.05) is 36.4 Å². The lowest BCUT2D eigenvalue weighted by Gasteiger charge is -2.26. The Morgan fingerprint density at radius 1 is 1.04 bits per heavy atom. The maximum absolute atomic E-state index is 12.8. The van der Waals surface area contributed by atoms with Crippen molar-refractivity contribution >= 4 is 21.1 Å². The summed E-state index contributed by atoms with van der Waals surface area (Å²) < 4.78 is 30.1. The maximum atomic E-state index is 12.8. The van der Waals surface area contributed by atoms with E-state index in [-0.39, 0.29) is 6.04 Å². The molecule has 5 nitrogen and oxygen atoms in total. The number of nitrogens with one attached hydrogen (secondary N) is 2. The molecular weight excluding hydrogens is 346 g/mol. The fraction of sp³-hybridized carbons (Fsp3) is 0.300. The van der Waals surface area contributed by atoms with Crippen LogP contribution in [0.5, 0.6) is 0 Å². The summed E-state index contributed by atoms with van der Waals surface area (Å²) in [4.78, 5) is 3.39. The normalized spacial score (nSPS) is 23.1. The molecule has 2 N–H and O–H groups in total. The molecule has 1 aliphatic carbocycles. The monoisotopic (exact) mass is 367 g/mol. The van der Waals surface area contributed by atoms with E-state index in [1.165, 1.54) is 16.5 Å². The summed E-state index contributed by atoms with van der Waals surface area (Å²) in [5.74, 6) is 0.291. The van der Waals surface area contributed by atoms with E-state index >= 15 is 0 Å². The van der Waals surface area contributed by atoms with Gasteiger partial charge < -0.3 is 4.98 Å². The van der Waals surface area contributed by atoms with Gasteiger partial charge >= 0.3 is 0 Å². The zero-order valence-electron chi connectivity index (χ0n) is 14.4. The second kappa shape index (κ2) is 5.94. The number of aromatic nitrogens is 1. The van der Waals surface area contributed by atoms with Gasteiger partial charge in [0.25, 0.3) is 10.2 Å². The van der Waals surface area contributed by atoms with Crippen LogP contribution in [0.15, 0.2) is 54.6 Å². The highest BCUT2D eigenvalue weighted by molar-refractivity contribution is 7.87. The zero-order chi connectivity index (χ0) is 17.7. The summed E-state index contributed by atoms with van der Waals surface area (Å²) in [5.41, 5.74) is 4.55. The van der Waals surface area contributed by atoms with Gasteiger partial charge in [-0.2, -0.15) is 17.4 Å². The van der Waals surface area contributed by atoms with Crippen molar-refractivity contribution < 1.29 is 8.42 Å². The number of hydrogen-bond donors (Lipinski definition) is 2. The van der Waals surface area contributed by atoms with Gasteiger partial charge in [0, 0.05) is 35.1 Å². The van der Waals surface area contributed by atoms with Gasteiger partial charge in [-0.05, 0) is 30.0 Å². The molecule has 6 heteroatoms. The van der Waals surface area contributed by atoms with Gasteiger partial charge in [-0.3, -0.25) is 0 Å². The maximum Gasteiger partial charge on any atom is 0.280 e. The molecule has 0 unspecified atom stereocenters. The molecule has 5 rings (SSSR count). The third-order valence-electron chi connectivity index (χ3n) is 5.51. The van der Waals surface area contributed by atoms with Gasteiger partial charge in [0.1, 0.15) is 0 Å². The quantitative estimate of drug-likeness (QED) is 0.745. The van der Waals surface area contributed by atoms with Crippen molar-refractivity contribution in [2.75, 3.05) is 6.54 Å². The smallest absolute Gasteiger partial charge is 0.280 e. The Hall–Kier alpha value is -2.15. The lowest BCUT2D eigenvalue weighted by atomic mass is 10.1. The topological polar surface area (TPSA) is 65.2 Å². The highest BCUT2D eigenvalue weighted by Gasteiger charge is 2.42. The Morgan fingerprint density at radius 3 is 2.65 bits per heavy atom. The third-order valence-corrected chi connectivity index (χ3v) is 7.10. The van der Waals surface area contributed by atoms with Crippen LogP contribution in [-0.2, 0) is 23.2 Å². The molecule has 2 atom stereocenters. The number of benzene rings is 2. The number of nitrogens with zero attached hydrogens (tertiary/aromatic N) is 1. The fourth-order valence-corrected chi connectivity index (χ4v) is 5.46. The van der Waals surface area contributed by atoms with Crippen LogP contribution in [0.2, 0.25) is 0 Å². The summed E-state index contributed by atoms with van der Waals surface area (Å²) in [5, 5.41) is 1.21. The number of fused-ring (bicyclic) bond motifs is 3. The minimum absolute atomic E-state index is 0.00603. The Kier molecular flexibility index (Phi) is 3.67. The number of aromatic amines is 1. The van der Waals surface area contributed by atoms with Crippen LogP contribution in [0.1, 0.15) is 29.2 Å². The predicted octanol–water partition coefficient (Wildman–Crippen LogP) is 2.92. The molecule has 2 aromatic carbocycles. The summed E-state index contributed by atoms with van der Waals surface area (Å²) in [6.45, 7) is 0.926. The van der Waals surface area contributed by atoms with Gasteiger partial charge in [0.05, 0.1) is 6.54 Å². The fourth-order valence-electron chi connectivity index (χ4n) is 4.03. The summed E-state index contributed by atoms with van der Waals surface area (Å²) in [7, 11) is -3.48. The van der Waals surface area contributed by atoms with E-state index in [2.05, 4.69) is 27.9 Å². The molecule has 0 radical (unpaired) electrons. The molecule has 0 saturated heterocycles. The number of hydrogen-bond acceptors (Lipinski definition) is 2. The Bertz CT molecular complexity index is 1060. The molecular formula is C20H21N3O2S. The Morgan fingerprint density at radius 2 is 1.81 bits per heavy atom. The third kappa shape index (κ3) is 2.74. The molecule has 1 fully saturated rings. The zero-order valence-corrected chi connectivity index (χ0v) is 15.2. The van der Waals surface area contributed by atoms with Crippen molar-refractivity contribution in [1.29, 1.82) is 0 Å². The van der Waals surface area contributed by atoms with E-state index in [9.17, 15) is 8.42 Å². The molecule has 0 bridgehead atoms. The average molecular weight is 367 g/mol. The number of rotatable bonds is 4. The lowest BCUT2D eigenvalue weighted by molar-refractivity contribution is 0.380. The van der Waals surface area contributed by atoms with Crippen LogP contribution in [0.3, 0.4) is 0 Å². The molecule has 1 aliphatic heterocycles. The molecule has 2 heterocycles. The van der Waals surface area contributed by atoms with Crippen LogP contribution in [0.4, 0.5) is 0 Å². The second-order valence-corrected chi connectivity index (χ2v) is 8.90. The van der Waals surface area contributed by atoms with Crippen molar-refractivity contribution in [3.8, 4) is 0 Å². The molecule has 1 aromatic heterocycles. The highest BCUT2D eigenvalue weighted by Crippen LogP contribution is 2.41. The Balaban J connectivity index is 1.32. The lowest BCUT2D eigenvalue weighted by Crippen LogP contribution is -2.44. The Labute approximate surface area is 153 Å². The van der Waals surface area contributed by atoms with Gasteiger partial charge in [0.15, 0.2) is 0 Å². The molecule has 3 aromatic rings. The van der Waals surface area contributed by atoms with Crippen LogP contribution in [0, 0.1) is 0 Å². The minimum Gasteiger partial charge on any atom is -0.357 e. The van der Waals surface area contributed by atoms with Crippen molar-refractivity contribution in [3.63, 3.8) is 0 Å². The van der Waals surface area contributed by atoms with Crippen molar-refractivity contribution in [2.24, 2.45) is 0 Å². The first kappa shape index (κ1) is 16.1. The van der Waals surface area contributed by atoms with Crippen LogP contribution < -0.4 is 4.72 Å². The van der Waals surface area contributed by atoms with E-state index in [1.54, 1.807) is 4.31 Å². The average Bonchev–Trinajstić information content (AvgIpc) is 3.31. The minimum atomic E-state index is -3.48. The predicted molar refractivity (Wildman–Crippen MR) is 102 cm³/mol. The van der Waals surface area contributed by atoms with Crippen molar-refractivity contribution in [2.45, 2.75) is 31.3 Å². The van der Waals surface area contributed by atoms with Crippen LogP contribution in [0.25, 0.3) is 10.9 Å². The number of para-hydroxylation sites is 1. The van der Waals surface area contributed by atoms with E-state index in [0.29, 0.717) is 19.0 Å².